The zero-order valence-electron chi connectivity index (χ0n) is 14.4. The van der Waals surface area contributed by atoms with Crippen LogP contribution in [0.25, 0.3) is 0 Å². The highest BCUT2D eigenvalue weighted by molar-refractivity contribution is 5.67. The maximum atomic E-state index is 11.7. The molecule has 0 spiro atoms. The number of esters is 1. The van der Waals surface area contributed by atoms with Gasteiger partial charge in [0.05, 0.1) is 11.5 Å². The molecule has 0 saturated carbocycles. The predicted octanol–water partition coefficient (Wildman–Crippen LogP) is 1.76. The summed E-state index contributed by atoms with van der Waals surface area (Å²) in [5.74, 6) is 1.33. The van der Waals surface area contributed by atoms with Gasteiger partial charge in [-0.05, 0) is 29.7 Å². The molecule has 3 aliphatic heterocycles. The normalized spacial score (nSPS) is 36.7. The van der Waals surface area contributed by atoms with Crippen molar-refractivity contribution in [2.75, 3.05) is 20.4 Å². The van der Waals surface area contributed by atoms with Gasteiger partial charge >= 0.3 is 5.97 Å². The van der Waals surface area contributed by atoms with Crippen LogP contribution in [0, 0.1) is 0 Å². The molecule has 4 aliphatic rings. The number of hydrogen-bond donors (Lipinski definition) is 0. The van der Waals surface area contributed by atoms with Gasteiger partial charge in [0.1, 0.15) is 6.10 Å². The van der Waals surface area contributed by atoms with Crippen LogP contribution < -0.4 is 9.47 Å². The molecule has 1 aromatic carbocycles. The van der Waals surface area contributed by atoms with Crippen molar-refractivity contribution in [1.82, 2.24) is 4.90 Å². The third-order valence-corrected chi connectivity index (χ3v) is 6.02. The third-order valence-electron chi connectivity index (χ3n) is 6.02. The molecule has 1 fully saturated rings. The van der Waals surface area contributed by atoms with Crippen LogP contribution >= 0.6 is 0 Å². The zero-order chi connectivity index (χ0) is 17.2. The van der Waals surface area contributed by atoms with Crippen molar-refractivity contribution in [3.63, 3.8) is 0 Å². The molecule has 3 heterocycles. The summed E-state index contributed by atoms with van der Waals surface area (Å²) >= 11 is 0. The molecule has 5 rings (SSSR count). The highest BCUT2D eigenvalue weighted by atomic mass is 16.7. The fourth-order valence-electron chi connectivity index (χ4n) is 5.00. The number of methoxy groups -OCH3 is 1. The van der Waals surface area contributed by atoms with Gasteiger partial charge in [0.25, 0.3) is 0 Å². The van der Waals surface area contributed by atoms with Gasteiger partial charge in [-0.25, -0.2) is 0 Å². The third kappa shape index (κ3) is 2.01. The van der Waals surface area contributed by atoms with Crippen LogP contribution in [0.1, 0.15) is 24.5 Å². The molecule has 25 heavy (non-hydrogen) atoms. The van der Waals surface area contributed by atoms with Crippen molar-refractivity contribution < 1.29 is 23.7 Å². The van der Waals surface area contributed by atoms with E-state index >= 15 is 0 Å². The van der Waals surface area contributed by atoms with Crippen molar-refractivity contribution >= 4 is 5.97 Å². The van der Waals surface area contributed by atoms with Gasteiger partial charge < -0.3 is 18.9 Å². The fourth-order valence-corrected chi connectivity index (χ4v) is 5.00. The number of benzene rings is 1. The standard InChI is InChI=1S/C19H21NO5/c1-11(21)25-18-9-20-8-12-5-15-16(24-10-23-15)7-14(12)19(18)4-3-13(22-2)6-17(19)20/h3-5,7,13,17-18H,6,8-10H2,1-2H3. The lowest BCUT2D eigenvalue weighted by Gasteiger charge is -2.46. The second-order valence-electron chi connectivity index (χ2n) is 7.21. The molecule has 0 aromatic heterocycles. The molecule has 1 aromatic rings. The Labute approximate surface area is 146 Å². The summed E-state index contributed by atoms with van der Waals surface area (Å²) in [4.78, 5) is 14.2. The van der Waals surface area contributed by atoms with E-state index in [1.165, 1.54) is 18.1 Å². The maximum Gasteiger partial charge on any atom is 0.302 e. The van der Waals surface area contributed by atoms with E-state index in [-0.39, 0.29) is 36.4 Å². The summed E-state index contributed by atoms with van der Waals surface area (Å²) in [6.45, 7) is 3.29. The Hall–Kier alpha value is -2.05. The van der Waals surface area contributed by atoms with Crippen LogP contribution in [0.2, 0.25) is 0 Å². The molecule has 2 bridgehead atoms. The number of carbonyl (C=O) groups excluding carboxylic acids is 1. The van der Waals surface area contributed by atoms with Crippen molar-refractivity contribution in [3.8, 4) is 11.5 Å². The first-order chi connectivity index (χ1) is 12.1. The topological polar surface area (TPSA) is 57.2 Å². The Morgan fingerprint density at radius 3 is 2.88 bits per heavy atom. The van der Waals surface area contributed by atoms with E-state index in [0.717, 1.165) is 31.0 Å². The molecule has 5 unspecified atom stereocenters. The first kappa shape index (κ1) is 15.2. The van der Waals surface area contributed by atoms with E-state index in [1.807, 2.05) is 0 Å². The molecule has 1 saturated heterocycles. The first-order valence-corrected chi connectivity index (χ1v) is 8.68. The van der Waals surface area contributed by atoms with Gasteiger partial charge in [0, 0.05) is 33.2 Å². The molecule has 6 heteroatoms. The largest absolute Gasteiger partial charge is 0.460 e. The molecule has 6 nitrogen and oxygen atoms in total. The summed E-state index contributed by atoms with van der Waals surface area (Å²) in [5, 5.41) is 0. The smallest absolute Gasteiger partial charge is 0.302 e. The number of ether oxygens (including phenoxy) is 4. The predicted molar refractivity (Wildman–Crippen MR) is 88.5 cm³/mol. The van der Waals surface area contributed by atoms with Gasteiger partial charge in [-0.1, -0.05) is 12.2 Å². The van der Waals surface area contributed by atoms with Crippen LogP contribution in [0.15, 0.2) is 24.3 Å². The fraction of sp³-hybridized carbons (Fsp3) is 0.526. The summed E-state index contributed by atoms with van der Waals surface area (Å²) in [7, 11) is 1.74. The minimum Gasteiger partial charge on any atom is -0.460 e. The Balaban J connectivity index is 1.69. The Kier molecular flexibility index (Phi) is 3.18. The average Bonchev–Trinajstić information content (AvgIpc) is 3.13. The second kappa shape index (κ2) is 5.22. The van der Waals surface area contributed by atoms with Gasteiger partial charge in [-0.3, -0.25) is 9.69 Å². The van der Waals surface area contributed by atoms with Gasteiger partial charge in [-0.2, -0.15) is 0 Å². The molecule has 0 radical (unpaired) electrons. The van der Waals surface area contributed by atoms with Crippen molar-refractivity contribution in [3.05, 3.63) is 35.4 Å². The summed E-state index contributed by atoms with van der Waals surface area (Å²) in [6.07, 6.45) is 5.08. The molecule has 1 aliphatic carbocycles. The van der Waals surface area contributed by atoms with E-state index in [2.05, 4.69) is 29.2 Å². The monoisotopic (exact) mass is 343 g/mol. The average molecular weight is 343 g/mol. The Bertz CT molecular complexity index is 775. The molecular weight excluding hydrogens is 322 g/mol. The number of nitrogens with zero attached hydrogens (tertiary/aromatic N) is 1. The summed E-state index contributed by atoms with van der Waals surface area (Å²) in [6, 6.07) is 4.41. The van der Waals surface area contributed by atoms with Crippen molar-refractivity contribution in [2.45, 2.75) is 43.6 Å². The Morgan fingerprint density at radius 2 is 2.12 bits per heavy atom. The lowest BCUT2D eigenvalue weighted by molar-refractivity contribution is -0.147. The minimum absolute atomic E-state index is 0.0901. The lowest BCUT2D eigenvalue weighted by Crippen LogP contribution is -2.52. The van der Waals surface area contributed by atoms with Crippen LogP contribution in [-0.4, -0.2) is 49.6 Å². The first-order valence-electron chi connectivity index (χ1n) is 8.68. The van der Waals surface area contributed by atoms with Gasteiger partial charge in [-0.15, -0.1) is 0 Å². The number of rotatable bonds is 2. The molecular formula is C19H21NO5. The van der Waals surface area contributed by atoms with E-state index < -0.39 is 0 Å². The van der Waals surface area contributed by atoms with Crippen LogP contribution in [0.5, 0.6) is 11.5 Å². The van der Waals surface area contributed by atoms with Crippen molar-refractivity contribution in [1.29, 1.82) is 0 Å². The highest BCUT2D eigenvalue weighted by Crippen LogP contribution is 2.54. The van der Waals surface area contributed by atoms with Crippen LogP contribution in [-0.2, 0) is 26.2 Å². The van der Waals surface area contributed by atoms with E-state index in [0.29, 0.717) is 0 Å². The number of carbonyl (C=O) groups is 1. The maximum absolute atomic E-state index is 11.7. The van der Waals surface area contributed by atoms with E-state index in [1.54, 1.807) is 7.11 Å². The SMILES string of the molecule is COC1C=CC23c4cc5c(cc4CN(CC2OC(C)=O)C3C1)OCO5. The summed E-state index contributed by atoms with van der Waals surface area (Å²) < 4.78 is 22.5. The lowest BCUT2D eigenvalue weighted by atomic mass is 9.65. The summed E-state index contributed by atoms with van der Waals surface area (Å²) in [5.41, 5.74) is 2.05. The zero-order valence-corrected chi connectivity index (χ0v) is 14.4. The minimum atomic E-state index is -0.352. The molecule has 132 valence electrons. The van der Waals surface area contributed by atoms with Gasteiger partial charge in [0.15, 0.2) is 11.5 Å². The molecule has 0 N–H and O–H groups in total. The molecule has 0 amide bonds. The number of fused-ring (bicyclic) bond motifs is 2. The van der Waals surface area contributed by atoms with Gasteiger partial charge in [0.2, 0.25) is 6.79 Å². The van der Waals surface area contributed by atoms with Crippen LogP contribution in [0.3, 0.4) is 0 Å². The van der Waals surface area contributed by atoms with E-state index in [4.69, 9.17) is 18.9 Å². The molecule has 5 atom stereocenters. The van der Waals surface area contributed by atoms with Crippen LogP contribution in [0.4, 0.5) is 0 Å². The highest BCUT2D eigenvalue weighted by Gasteiger charge is 2.60. The second-order valence-corrected chi connectivity index (χ2v) is 7.21. The number of hydrogen-bond acceptors (Lipinski definition) is 6. The quantitative estimate of drug-likeness (QED) is 0.602. The Morgan fingerprint density at radius 1 is 1.32 bits per heavy atom. The van der Waals surface area contributed by atoms with E-state index in [9.17, 15) is 4.79 Å². The van der Waals surface area contributed by atoms with Crippen molar-refractivity contribution in [2.24, 2.45) is 0 Å².